The Morgan fingerprint density at radius 1 is 1.29 bits per heavy atom. The molecule has 2 aliphatic rings. The molecule has 1 amide bonds. The number of rotatable bonds is 2. The maximum Gasteiger partial charge on any atom is 0.409 e. The number of amides is 1. The van der Waals surface area contributed by atoms with E-state index in [2.05, 4.69) is 24.1 Å². The Hall–Kier alpha value is -1.29. The van der Waals surface area contributed by atoms with E-state index >= 15 is 0 Å². The second kappa shape index (κ2) is 5.87. The van der Waals surface area contributed by atoms with Gasteiger partial charge in [0.05, 0.1) is 6.61 Å². The van der Waals surface area contributed by atoms with Crippen LogP contribution in [0.3, 0.4) is 0 Å². The number of hydrogen-bond donors (Lipinski definition) is 0. The van der Waals surface area contributed by atoms with Crippen molar-refractivity contribution in [2.75, 3.05) is 39.8 Å². The summed E-state index contributed by atoms with van der Waals surface area (Å²) in [6.45, 7) is 3.90. The van der Waals surface area contributed by atoms with Gasteiger partial charge in [-0.25, -0.2) is 4.79 Å². The topological polar surface area (TPSA) is 32.8 Å². The average Bonchev–Trinajstić information content (AvgIpc) is 2.38. The number of allylic oxidation sites excluding steroid dienone is 3. The molecule has 17 heavy (non-hydrogen) atoms. The van der Waals surface area contributed by atoms with Crippen LogP contribution in [0.2, 0.25) is 0 Å². The van der Waals surface area contributed by atoms with Gasteiger partial charge in [0, 0.05) is 32.1 Å². The van der Waals surface area contributed by atoms with E-state index in [9.17, 15) is 4.79 Å². The van der Waals surface area contributed by atoms with Crippen LogP contribution in [0, 0.1) is 5.92 Å². The fourth-order valence-corrected chi connectivity index (χ4v) is 2.01. The third kappa shape index (κ3) is 3.60. The summed E-state index contributed by atoms with van der Waals surface area (Å²) >= 11 is 0. The fraction of sp³-hybridized carbons (Fsp3) is 0.615. The van der Waals surface area contributed by atoms with Gasteiger partial charge >= 0.3 is 6.09 Å². The van der Waals surface area contributed by atoms with Crippen LogP contribution in [0.5, 0.6) is 0 Å². The Balaban J connectivity index is 1.70. The quantitative estimate of drug-likeness (QED) is 0.728. The minimum absolute atomic E-state index is 0.166. The summed E-state index contributed by atoms with van der Waals surface area (Å²) < 4.78 is 5.34. The highest BCUT2D eigenvalue weighted by Crippen LogP contribution is 2.12. The summed E-state index contributed by atoms with van der Waals surface area (Å²) in [6, 6.07) is 0. The zero-order valence-electron chi connectivity index (χ0n) is 10.3. The van der Waals surface area contributed by atoms with Gasteiger partial charge in [0.2, 0.25) is 0 Å². The van der Waals surface area contributed by atoms with Crippen molar-refractivity contribution in [1.82, 2.24) is 9.80 Å². The van der Waals surface area contributed by atoms with Gasteiger partial charge in [0.15, 0.2) is 0 Å². The molecular weight excluding hydrogens is 216 g/mol. The Morgan fingerprint density at radius 3 is 2.71 bits per heavy atom. The second-order valence-corrected chi connectivity index (χ2v) is 4.68. The molecule has 4 nitrogen and oxygen atoms in total. The number of ether oxygens (including phenoxy) is 1. The Labute approximate surface area is 103 Å². The SMILES string of the molecule is CN1CCN(C(=O)OCC2C=CC=CC2)CC1. The molecular formula is C13H20N2O2. The normalized spacial score (nSPS) is 25.0. The molecule has 1 aliphatic carbocycles. The number of carbonyl (C=O) groups excluding carboxylic acids is 1. The molecule has 0 aromatic carbocycles. The predicted molar refractivity (Wildman–Crippen MR) is 66.8 cm³/mol. The van der Waals surface area contributed by atoms with Crippen molar-refractivity contribution in [3.63, 3.8) is 0 Å². The summed E-state index contributed by atoms with van der Waals surface area (Å²) in [5.74, 6) is 0.344. The maximum absolute atomic E-state index is 11.8. The lowest BCUT2D eigenvalue weighted by Gasteiger charge is -2.31. The van der Waals surface area contributed by atoms with Crippen molar-refractivity contribution in [2.45, 2.75) is 6.42 Å². The highest BCUT2D eigenvalue weighted by atomic mass is 16.6. The van der Waals surface area contributed by atoms with Gasteiger partial charge in [-0.15, -0.1) is 0 Å². The zero-order chi connectivity index (χ0) is 12.1. The lowest BCUT2D eigenvalue weighted by Crippen LogP contribution is -2.47. The van der Waals surface area contributed by atoms with E-state index < -0.39 is 0 Å². The first-order valence-corrected chi connectivity index (χ1v) is 6.19. The van der Waals surface area contributed by atoms with E-state index in [1.807, 2.05) is 12.2 Å². The number of nitrogens with zero attached hydrogens (tertiary/aromatic N) is 2. The molecule has 0 saturated carbocycles. The second-order valence-electron chi connectivity index (χ2n) is 4.68. The van der Waals surface area contributed by atoms with Crippen LogP contribution in [-0.2, 0) is 4.74 Å². The standard InChI is InChI=1S/C13H20N2O2/c1-14-7-9-15(10-8-14)13(16)17-11-12-5-3-2-4-6-12/h2-5,12H,6-11H2,1H3. The third-order valence-corrected chi connectivity index (χ3v) is 3.25. The maximum atomic E-state index is 11.8. The molecule has 2 rings (SSSR count). The predicted octanol–water partition coefficient (Wildman–Crippen LogP) is 1.50. The van der Waals surface area contributed by atoms with Crippen LogP contribution in [0.1, 0.15) is 6.42 Å². The van der Waals surface area contributed by atoms with E-state index in [0.29, 0.717) is 12.5 Å². The van der Waals surface area contributed by atoms with Crippen LogP contribution in [0.25, 0.3) is 0 Å². The number of piperazine rings is 1. The third-order valence-electron chi connectivity index (χ3n) is 3.25. The molecule has 1 aliphatic heterocycles. The van der Waals surface area contributed by atoms with Gasteiger partial charge in [-0.2, -0.15) is 0 Å². The Bertz CT molecular complexity index is 317. The molecule has 1 heterocycles. The number of carbonyl (C=O) groups is 1. The molecule has 1 saturated heterocycles. The van der Waals surface area contributed by atoms with E-state index in [-0.39, 0.29) is 6.09 Å². The lowest BCUT2D eigenvalue weighted by atomic mass is 10.0. The molecule has 0 radical (unpaired) electrons. The summed E-state index contributed by atoms with van der Waals surface area (Å²) in [4.78, 5) is 15.8. The van der Waals surface area contributed by atoms with Crippen molar-refractivity contribution in [2.24, 2.45) is 5.92 Å². The van der Waals surface area contributed by atoms with Crippen LogP contribution < -0.4 is 0 Å². The fourth-order valence-electron chi connectivity index (χ4n) is 2.01. The summed E-state index contributed by atoms with van der Waals surface area (Å²) in [7, 11) is 2.07. The minimum Gasteiger partial charge on any atom is -0.449 e. The molecule has 1 fully saturated rings. The van der Waals surface area contributed by atoms with E-state index in [4.69, 9.17) is 4.74 Å². The highest BCUT2D eigenvalue weighted by Gasteiger charge is 2.20. The Kier molecular flexibility index (Phi) is 4.20. The smallest absolute Gasteiger partial charge is 0.409 e. The lowest BCUT2D eigenvalue weighted by molar-refractivity contribution is 0.0750. The van der Waals surface area contributed by atoms with E-state index in [1.54, 1.807) is 4.90 Å². The Morgan fingerprint density at radius 2 is 2.06 bits per heavy atom. The van der Waals surface area contributed by atoms with Crippen LogP contribution in [0.15, 0.2) is 24.3 Å². The largest absolute Gasteiger partial charge is 0.449 e. The van der Waals surface area contributed by atoms with Crippen molar-refractivity contribution in [1.29, 1.82) is 0 Å². The van der Waals surface area contributed by atoms with Gasteiger partial charge < -0.3 is 14.5 Å². The number of hydrogen-bond acceptors (Lipinski definition) is 3. The molecule has 94 valence electrons. The van der Waals surface area contributed by atoms with Gasteiger partial charge in [-0.1, -0.05) is 24.3 Å². The van der Waals surface area contributed by atoms with Crippen molar-refractivity contribution < 1.29 is 9.53 Å². The van der Waals surface area contributed by atoms with E-state index in [0.717, 1.165) is 32.6 Å². The monoisotopic (exact) mass is 236 g/mol. The van der Waals surface area contributed by atoms with Crippen molar-refractivity contribution >= 4 is 6.09 Å². The molecule has 1 unspecified atom stereocenters. The molecule has 0 N–H and O–H groups in total. The molecule has 1 atom stereocenters. The first-order valence-electron chi connectivity index (χ1n) is 6.19. The highest BCUT2D eigenvalue weighted by molar-refractivity contribution is 5.67. The molecule has 0 spiro atoms. The van der Waals surface area contributed by atoms with Gasteiger partial charge in [-0.05, 0) is 13.5 Å². The minimum atomic E-state index is -0.166. The van der Waals surface area contributed by atoms with Crippen LogP contribution in [-0.4, -0.2) is 55.7 Å². The van der Waals surface area contributed by atoms with Crippen molar-refractivity contribution in [3.05, 3.63) is 24.3 Å². The van der Waals surface area contributed by atoms with Crippen molar-refractivity contribution in [3.8, 4) is 0 Å². The van der Waals surface area contributed by atoms with Gasteiger partial charge in [-0.3, -0.25) is 0 Å². The zero-order valence-corrected chi connectivity index (χ0v) is 10.3. The van der Waals surface area contributed by atoms with E-state index in [1.165, 1.54) is 0 Å². The van der Waals surface area contributed by atoms with Crippen LogP contribution >= 0.6 is 0 Å². The first-order chi connectivity index (χ1) is 8.25. The molecule has 4 heteroatoms. The average molecular weight is 236 g/mol. The molecule has 0 bridgehead atoms. The van der Waals surface area contributed by atoms with Gasteiger partial charge in [0.1, 0.15) is 0 Å². The summed E-state index contributed by atoms with van der Waals surface area (Å²) in [6.07, 6.45) is 9.04. The van der Waals surface area contributed by atoms with Gasteiger partial charge in [0.25, 0.3) is 0 Å². The molecule has 0 aromatic rings. The summed E-state index contributed by atoms with van der Waals surface area (Å²) in [5, 5.41) is 0. The summed E-state index contributed by atoms with van der Waals surface area (Å²) in [5.41, 5.74) is 0. The number of likely N-dealkylation sites (N-methyl/N-ethyl adjacent to an activating group) is 1. The molecule has 0 aromatic heterocycles. The first kappa shape index (κ1) is 12.2. The van der Waals surface area contributed by atoms with Crippen LogP contribution in [0.4, 0.5) is 4.79 Å².